The molecule has 1 aliphatic heterocycles. The maximum atomic E-state index is 12.5. The Kier molecular flexibility index (Phi) is 4.81. The number of anilines is 1. The first-order chi connectivity index (χ1) is 13.6. The molecule has 3 aromatic rings. The average Bonchev–Trinajstić information content (AvgIpc) is 3.16. The van der Waals surface area contributed by atoms with Crippen molar-refractivity contribution in [2.24, 2.45) is 0 Å². The molecule has 4 rings (SSSR count). The third-order valence-electron chi connectivity index (χ3n) is 4.59. The van der Waals surface area contributed by atoms with Gasteiger partial charge in [0.1, 0.15) is 0 Å². The summed E-state index contributed by atoms with van der Waals surface area (Å²) in [5, 5.41) is 2.82. The molecule has 1 heterocycles. The van der Waals surface area contributed by atoms with Crippen LogP contribution in [0.1, 0.15) is 22.8 Å². The lowest BCUT2D eigenvalue weighted by molar-refractivity contribution is -0.115. The fraction of sp³-hybridized carbons (Fsp3) is 0.130. The van der Waals surface area contributed by atoms with E-state index in [2.05, 4.69) is 5.32 Å². The molecule has 0 saturated heterocycles. The Labute approximate surface area is 162 Å². The van der Waals surface area contributed by atoms with E-state index in [4.69, 9.17) is 9.47 Å². The summed E-state index contributed by atoms with van der Waals surface area (Å²) >= 11 is 0. The molecule has 1 aliphatic rings. The predicted molar refractivity (Wildman–Crippen MR) is 107 cm³/mol. The number of benzene rings is 3. The monoisotopic (exact) mass is 373 g/mol. The molecule has 0 atom stereocenters. The van der Waals surface area contributed by atoms with Crippen molar-refractivity contribution in [2.75, 3.05) is 12.1 Å². The van der Waals surface area contributed by atoms with Crippen LogP contribution in [-0.2, 0) is 11.2 Å². The Hall–Kier alpha value is -3.60. The van der Waals surface area contributed by atoms with E-state index >= 15 is 0 Å². The molecule has 0 radical (unpaired) electrons. The van der Waals surface area contributed by atoms with Crippen LogP contribution in [0.15, 0.2) is 66.7 Å². The van der Waals surface area contributed by atoms with Crippen LogP contribution in [0.2, 0.25) is 0 Å². The molecule has 3 aromatic carbocycles. The van der Waals surface area contributed by atoms with Gasteiger partial charge in [-0.05, 0) is 29.7 Å². The minimum absolute atomic E-state index is 0.109. The molecule has 1 N–H and O–H groups in total. The van der Waals surface area contributed by atoms with Gasteiger partial charge in [0.15, 0.2) is 17.3 Å². The summed E-state index contributed by atoms with van der Waals surface area (Å²) in [6.07, 6.45) is 0.209. The normalized spacial score (nSPS) is 11.9. The second kappa shape index (κ2) is 7.56. The Morgan fingerprint density at radius 1 is 0.893 bits per heavy atom. The van der Waals surface area contributed by atoms with Gasteiger partial charge >= 0.3 is 0 Å². The van der Waals surface area contributed by atoms with Gasteiger partial charge < -0.3 is 14.8 Å². The first kappa shape index (κ1) is 17.8. The lowest BCUT2D eigenvalue weighted by Gasteiger charge is -2.11. The molecule has 5 heteroatoms. The van der Waals surface area contributed by atoms with E-state index in [1.54, 1.807) is 12.1 Å². The van der Waals surface area contributed by atoms with Gasteiger partial charge in [0.05, 0.1) is 12.1 Å². The number of nitrogens with one attached hydrogen (secondary N) is 1. The minimum atomic E-state index is -0.200. The standard InChI is InChI=1S/C23H19NO4/c1-15(25)19-12-21-22(28-14-27-21)13-20(19)24-23(26)11-16-7-9-18(10-8-16)17-5-3-2-4-6-17/h2-10,12-13H,11,14H2,1H3,(H,24,26). The van der Waals surface area contributed by atoms with Crippen molar-refractivity contribution in [3.8, 4) is 22.6 Å². The van der Waals surface area contributed by atoms with Gasteiger partial charge in [0.2, 0.25) is 12.7 Å². The molecule has 28 heavy (non-hydrogen) atoms. The van der Waals surface area contributed by atoms with E-state index in [0.29, 0.717) is 22.7 Å². The molecule has 140 valence electrons. The third-order valence-corrected chi connectivity index (χ3v) is 4.59. The fourth-order valence-electron chi connectivity index (χ4n) is 3.16. The first-order valence-electron chi connectivity index (χ1n) is 8.99. The summed E-state index contributed by atoms with van der Waals surface area (Å²) in [5.41, 5.74) is 3.95. The largest absolute Gasteiger partial charge is 0.454 e. The van der Waals surface area contributed by atoms with Gasteiger partial charge in [-0.15, -0.1) is 0 Å². The van der Waals surface area contributed by atoms with Crippen molar-refractivity contribution in [1.82, 2.24) is 0 Å². The number of hydrogen-bond acceptors (Lipinski definition) is 4. The Morgan fingerprint density at radius 3 is 2.21 bits per heavy atom. The summed E-state index contributed by atoms with van der Waals surface area (Å²) in [7, 11) is 0. The van der Waals surface area contributed by atoms with Crippen LogP contribution in [0, 0.1) is 0 Å². The highest BCUT2D eigenvalue weighted by Crippen LogP contribution is 2.37. The van der Waals surface area contributed by atoms with Crippen molar-refractivity contribution >= 4 is 17.4 Å². The summed E-state index contributed by atoms with van der Waals surface area (Å²) in [6.45, 7) is 1.56. The van der Waals surface area contributed by atoms with Crippen LogP contribution in [-0.4, -0.2) is 18.5 Å². The van der Waals surface area contributed by atoms with Gasteiger partial charge in [-0.1, -0.05) is 54.6 Å². The maximum Gasteiger partial charge on any atom is 0.231 e. The molecule has 0 spiro atoms. The molecule has 0 fully saturated rings. The molecule has 0 aliphatic carbocycles. The van der Waals surface area contributed by atoms with E-state index in [1.807, 2.05) is 54.6 Å². The highest BCUT2D eigenvalue weighted by Gasteiger charge is 2.20. The summed E-state index contributed by atoms with van der Waals surface area (Å²) in [6, 6.07) is 21.2. The van der Waals surface area contributed by atoms with Gasteiger partial charge in [-0.2, -0.15) is 0 Å². The van der Waals surface area contributed by atoms with Gasteiger partial charge in [-0.25, -0.2) is 0 Å². The van der Waals surface area contributed by atoms with Crippen LogP contribution < -0.4 is 14.8 Å². The number of Topliss-reactive ketones (excluding diaryl/α,β-unsaturated/α-hetero) is 1. The number of carbonyl (C=O) groups is 2. The summed E-state index contributed by atoms with van der Waals surface area (Å²) in [4.78, 5) is 24.4. The second-order valence-corrected chi connectivity index (χ2v) is 6.60. The Bertz CT molecular complexity index is 1030. The van der Waals surface area contributed by atoms with Crippen LogP contribution in [0.3, 0.4) is 0 Å². The second-order valence-electron chi connectivity index (χ2n) is 6.60. The number of ketones is 1. The topological polar surface area (TPSA) is 64.6 Å². The fourth-order valence-corrected chi connectivity index (χ4v) is 3.16. The lowest BCUT2D eigenvalue weighted by Crippen LogP contribution is -2.16. The molecule has 0 bridgehead atoms. The Balaban J connectivity index is 1.48. The van der Waals surface area contributed by atoms with Crippen LogP contribution in [0.25, 0.3) is 11.1 Å². The highest BCUT2D eigenvalue weighted by atomic mass is 16.7. The summed E-state index contributed by atoms with van der Waals surface area (Å²) < 4.78 is 10.6. The van der Waals surface area contributed by atoms with E-state index in [1.165, 1.54) is 6.92 Å². The van der Waals surface area contributed by atoms with Crippen molar-refractivity contribution in [1.29, 1.82) is 0 Å². The predicted octanol–water partition coefficient (Wildman–Crippen LogP) is 4.47. The maximum absolute atomic E-state index is 12.5. The van der Waals surface area contributed by atoms with Crippen LogP contribution in [0.5, 0.6) is 11.5 Å². The van der Waals surface area contributed by atoms with Crippen molar-refractivity contribution in [3.05, 3.63) is 77.9 Å². The zero-order chi connectivity index (χ0) is 19.5. The number of carbonyl (C=O) groups excluding carboxylic acids is 2. The van der Waals surface area contributed by atoms with E-state index < -0.39 is 0 Å². The number of fused-ring (bicyclic) bond motifs is 1. The molecular formula is C23H19NO4. The molecule has 0 aromatic heterocycles. The molecule has 0 unspecified atom stereocenters. The minimum Gasteiger partial charge on any atom is -0.454 e. The molecule has 0 saturated carbocycles. The van der Waals surface area contributed by atoms with Gasteiger partial charge in [-0.3, -0.25) is 9.59 Å². The number of hydrogen-bond donors (Lipinski definition) is 1. The zero-order valence-corrected chi connectivity index (χ0v) is 15.4. The third kappa shape index (κ3) is 3.74. The average molecular weight is 373 g/mol. The van der Waals surface area contributed by atoms with E-state index in [-0.39, 0.29) is 24.9 Å². The van der Waals surface area contributed by atoms with E-state index in [9.17, 15) is 9.59 Å². The SMILES string of the molecule is CC(=O)c1cc2c(cc1NC(=O)Cc1ccc(-c3ccccc3)cc1)OCO2. The van der Waals surface area contributed by atoms with Crippen molar-refractivity contribution < 1.29 is 19.1 Å². The van der Waals surface area contributed by atoms with E-state index in [0.717, 1.165) is 16.7 Å². The molecular weight excluding hydrogens is 354 g/mol. The molecule has 5 nitrogen and oxygen atoms in total. The van der Waals surface area contributed by atoms with Gasteiger partial charge in [0, 0.05) is 11.6 Å². The Morgan fingerprint density at radius 2 is 1.54 bits per heavy atom. The smallest absolute Gasteiger partial charge is 0.231 e. The highest BCUT2D eigenvalue weighted by molar-refractivity contribution is 6.05. The summed E-state index contributed by atoms with van der Waals surface area (Å²) in [5.74, 6) is 0.682. The number of rotatable bonds is 5. The van der Waals surface area contributed by atoms with Crippen LogP contribution in [0.4, 0.5) is 5.69 Å². The van der Waals surface area contributed by atoms with Crippen molar-refractivity contribution in [2.45, 2.75) is 13.3 Å². The van der Waals surface area contributed by atoms with Gasteiger partial charge in [0.25, 0.3) is 0 Å². The van der Waals surface area contributed by atoms with Crippen LogP contribution >= 0.6 is 0 Å². The van der Waals surface area contributed by atoms with Crippen molar-refractivity contribution in [3.63, 3.8) is 0 Å². The first-order valence-corrected chi connectivity index (χ1v) is 8.99. The lowest BCUT2D eigenvalue weighted by atomic mass is 10.0. The molecule has 1 amide bonds. The quantitative estimate of drug-likeness (QED) is 0.671. The zero-order valence-electron chi connectivity index (χ0n) is 15.4. The number of ether oxygens (including phenoxy) is 2. The number of amides is 1.